The van der Waals surface area contributed by atoms with Crippen molar-refractivity contribution in [2.24, 2.45) is 0 Å². The molecular formula is C29H34N4O6. The van der Waals surface area contributed by atoms with Crippen LogP contribution < -0.4 is 9.47 Å². The zero-order valence-corrected chi connectivity index (χ0v) is 22.6. The molecule has 206 valence electrons. The molecule has 2 fully saturated rings. The molecule has 2 aliphatic heterocycles. The Morgan fingerprint density at radius 3 is 2.54 bits per heavy atom. The molecule has 39 heavy (non-hydrogen) atoms. The highest BCUT2D eigenvalue weighted by molar-refractivity contribution is 6.46. The molecule has 0 aliphatic carbocycles. The monoisotopic (exact) mass is 534 g/mol. The number of aliphatic hydroxyl groups excluding tert-OH is 1. The van der Waals surface area contributed by atoms with Gasteiger partial charge in [-0.25, -0.2) is 4.98 Å². The summed E-state index contributed by atoms with van der Waals surface area (Å²) in [5.74, 6) is -0.535. The number of fused-ring (bicyclic) bond motifs is 1. The van der Waals surface area contributed by atoms with Crippen LogP contribution in [0.15, 0.2) is 48.2 Å². The summed E-state index contributed by atoms with van der Waals surface area (Å²) >= 11 is 0. The second-order valence-corrected chi connectivity index (χ2v) is 9.49. The number of aromatic nitrogens is 2. The Bertz CT molecular complexity index is 1410. The molecule has 1 unspecified atom stereocenters. The molecule has 10 nitrogen and oxygen atoms in total. The molecule has 2 aromatic heterocycles. The second-order valence-electron chi connectivity index (χ2n) is 9.49. The molecule has 10 heteroatoms. The molecule has 1 amide bonds. The standard InChI is InChI=1S/C29H34N4O6/c1-4-38-21-10-9-20(18-22(21)39-5-2)26-24(27(34)25-19(3)30-23-8-6-7-11-32(23)25)28(35)29(36)33(26)13-12-31-14-16-37-17-15-31/h6-11,18,26,34H,4-5,12-17H2,1-3H3. The lowest BCUT2D eigenvalue weighted by Gasteiger charge is -2.31. The van der Waals surface area contributed by atoms with Gasteiger partial charge in [-0.15, -0.1) is 0 Å². The number of aliphatic hydroxyl groups is 1. The lowest BCUT2D eigenvalue weighted by molar-refractivity contribution is -0.140. The maximum Gasteiger partial charge on any atom is 0.295 e. The Hall–Kier alpha value is -3.89. The van der Waals surface area contributed by atoms with Crippen molar-refractivity contribution in [3.05, 3.63) is 65.1 Å². The Balaban J connectivity index is 1.63. The first-order valence-electron chi connectivity index (χ1n) is 13.4. The number of hydrogen-bond donors (Lipinski definition) is 1. The number of hydrogen-bond acceptors (Lipinski definition) is 8. The zero-order valence-electron chi connectivity index (χ0n) is 22.6. The number of ketones is 1. The maximum atomic E-state index is 13.6. The number of likely N-dealkylation sites (tertiary alicyclic amines) is 1. The van der Waals surface area contributed by atoms with Crippen molar-refractivity contribution in [2.75, 3.05) is 52.6 Å². The van der Waals surface area contributed by atoms with Gasteiger partial charge >= 0.3 is 0 Å². The van der Waals surface area contributed by atoms with E-state index in [0.717, 1.165) is 13.1 Å². The summed E-state index contributed by atoms with van der Waals surface area (Å²) < 4.78 is 18.8. The van der Waals surface area contributed by atoms with E-state index in [1.807, 2.05) is 38.1 Å². The van der Waals surface area contributed by atoms with Gasteiger partial charge in [0, 0.05) is 32.4 Å². The van der Waals surface area contributed by atoms with Crippen LogP contribution in [0.3, 0.4) is 0 Å². The first kappa shape index (κ1) is 26.7. The highest BCUT2D eigenvalue weighted by Gasteiger charge is 2.46. The molecule has 4 heterocycles. The number of ether oxygens (including phenoxy) is 3. The van der Waals surface area contributed by atoms with E-state index in [0.29, 0.717) is 73.6 Å². The zero-order chi connectivity index (χ0) is 27.5. The third kappa shape index (κ3) is 5.09. The Morgan fingerprint density at radius 2 is 1.79 bits per heavy atom. The average molecular weight is 535 g/mol. The van der Waals surface area contributed by atoms with Crippen molar-refractivity contribution >= 4 is 23.1 Å². The van der Waals surface area contributed by atoms with Gasteiger partial charge in [-0.2, -0.15) is 0 Å². The summed E-state index contributed by atoms with van der Waals surface area (Å²) in [4.78, 5) is 35.4. The summed E-state index contributed by atoms with van der Waals surface area (Å²) in [7, 11) is 0. The van der Waals surface area contributed by atoms with Gasteiger partial charge < -0.3 is 24.2 Å². The number of carbonyl (C=O) groups excluding carboxylic acids is 2. The maximum absolute atomic E-state index is 13.6. The summed E-state index contributed by atoms with van der Waals surface area (Å²) in [6.07, 6.45) is 1.78. The van der Waals surface area contributed by atoms with Gasteiger partial charge in [0.25, 0.3) is 11.7 Å². The van der Waals surface area contributed by atoms with Crippen LogP contribution in [-0.4, -0.2) is 88.6 Å². The van der Waals surface area contributed by atoms with Crippen LogP contribution in [0.25, 0.3) is 11.4 Å². The number of pyridine rings is 1. The fourth-order valence-corrected chi connectivity index (χ4v) is 5.30. The minimum atomic E-state index is -0.811. The number of Topliss-reactive ketones (excluding diaryl/α,β-unsaturated/α-hetero) is 1. The Labute approximate surface area is 227 Å². The third-order valence-corrected chi connectivity index (χ3v) is 7.11. The number of amides is 1. The predicted octanol–water partition coefficient (Wildman–Crippen LogP) is 3.19. The molecule has 5 rings (SSSR count). The smallest absolute Gasteiger partial charge is 0.295 e. The summed E-state index contributed by atoms with van der Waals surface area (Å²) in [5, 5.41) is 11.7. The van der Waals surface area contributed by atoms with Crippen molar-refractivity contribution in [1.29, 1.82) is 0 Å². The van der Waals surface area contributed by atoms with Gasteiger partial charge in [0.1, 0.15) is 11.3 Å². The molecule has 3 aromatic rings. The van der Waals surface area contributed by atoms with Crippen molar-refractivity contribution in [1.82, 2.24) is 19.2 Å². The first-order valence-corrected chi connectivity index (χ1v) is 13.4. The normalized spacial score (nSPS) is 19.7. The van der Waals surface area contributed by atoms with E-state index in [2.05, 4.69) is 9.88 Å². The van der Waals surface area contributed by atoms with Crippen molar-refractivity contribution < 1.29 is 28.9 Å². The topological polar surface area (TPSA) is 106 Å². The fourth-order valence-electron chi connectivity index (χ4n) is 5.30. The average Bonchev–Trinajstić information content (AvgIpc) is 3.41. The highest BCUT2D eigenvalue weighted by Crippen LogP contribution is 2.42. The van der Waals surface area contributed by atoms with E-state index in [9.17, 15) is 14.7 Å². The minimum absolute atomic E-state index is 0.0299. The van der Waals surface area contributed by atoms with Gasteiger partial charge in [0.2, 0.25) is 0 Å². The Morgan fingerprint density at radius 1 is 1.05 bits per heavy atom. The van der Waals surface area contributed by atoms with Crippen molar-refractivity contribution in [2.45, 2.75) is 26.8 Å². The van der Waals surface area contributed by atoms with E-state index in [-0.39, 0.29) is 11.3 Å². The van der Waals surface area contributed by atoms with E-state index >= 15 is 0 Å². The molecule has 1 N–H and O–H groups in total. The summed E-state index contributed by atoms with van der Waals surface area (Å²) in [6, 6.07) is 10.1. The van der Waals surface area contributed by atoms with Crippen LogP contribution in [-0.2, 0) is 14.3 Å². The van der Waals surface area contributed by atoms with Gasteiger partial charge in [0.15, 0.2) is 17.3 Å². The number of morpholine rings is 1. The summed E-state index contributed by atoms with van der Waals surface area (Å²) in [5.41, 5.74) is 2.25. The first-order chi connectivity index (χ1) is 18.9. The lowest BCUT2D eigenvalue weighted by atomic mass is 9.96. The number of imidazole rings is 1. The number of carbonyl (C=O) groups is 2. The van der Waals surface area contributed by atoms with Crippen LogP contribution in [0.2, 0.25) is 0 Å². The lowest BCUT2D eigenvalue weighted by Crippen LogP contribution is -2.42. The van der Waals surface area contributed by atoms with Gasteiger partial charge in [-0.1, -0.05) is 12.1 Å². The number of aryl methyl sites for hydroxylation is 1. The van der Waals surface area contributed by atoms with Crippen molar-refractivity contribution in [3.8, 4) is 11.5 Å². The van der Waals surface area contributed by atoms with Crippen LogP contribution in [0.5, 0.6) is 11.5 Å². The van der Waals surface area contributed by atoms with Crippen LogP contribution >= 0.6 is 0 Å². The minimum Gasteiger partial charge on any atom is -0.505 e. The van der Waals surface area contributed by atoms with E-state index in [1.54, 1.807) is 34.6 Å². The van der Waals surface area contributed by atoms with E-state index in [4.69, 9.17) is 14.2 Å². The van der Waals surface area contributed by atoms with Crippen LogP contribution in [0, 0.1) is 6.92 Å². The van der Waals surface area contributed by atoms with Gasteiger partial charge in [-0.05, 0) is 50.6 Å². The van der Waals surface area contributed by atoms with Gasteiger partial charge in [0.05, 0.1) is 43.7 Å². The number of benzene rings is 1. The summed E-state index contributed by atoms with van der Waals surface area (Å²) in [6.45, 7) is 10.1. The Kier molecular flexibility index (Phi) is 7.85. The molecule has 1 atom stereocenters. The van der Waals surface area contributed by atoms with E-state index in [1.165, 1.54) is 0 Å². The van der Waals surface area contributed by atoms with E-state index < -0.39 is 17.7 Å². The number of nitrogens with zero attached hydrogens (tertiary/aromatic N) is 4. The molecule has 0 radical (unpaired) electrons. The molecule has 0 saturated carbocycles. The highest BCUT2D eigenvalue weighted by atomic mass is 16.5. The SMILES string of the molecule is CCOc1ccc(C2C(=C(O)c3c(C)nc4ccccn34)C(=O)C(=O)N2CCN2CCOCC2)cc1OCC. The van der Waals surface area contributed by atoms with Gasteiger partial charge in [-0.3, -0.25) is 18.9 Å². The molecule has 2 saturated heterocycles. The molecule has 2 aliphatic rings. The molecule has 0 spiro atoms. The predicted molar refractivity (Wildman–Crippen MR) is 145 cm³/mol. The quantitative estimate of drug-likeness (QED) is 0.254. The van der Waals surface area contributed by atoms with Crippen molar-refractivity contribution in [3.63, 3.8) is 0 Å². The second kappa shape index (κ2) is 11.5. The molecule has 0 bridgehead atoms. The molecule has 1 aromatic carbocycles. The van der Waals surface area contributed by atoms with Crippen LogP contribution in [0.1, 0.15) is 36.8 Å². The fraction of sp³-hybridized carbons (Fsp3) is 0.414. The number of rotatable bonds is 9. The van der Waals surface area contributed by atoms with Crippen LogP contribution in [0.4, 0.5) is 0 Å². The third-order valence-electron chi connectivity index (χ3n) is 7.11. The largest absolute Gasteiger partial charge is 0.505 e. The molecular weight excluding hydrogens is 500 g/mol.